The molecule has 0 spiro atoms. The molecule has 1 amide bonds. The Hall–Kier alpha value is -4.07. The summed E-state index contributed by atoms with van der Waals surface area (Å²) in [6.45, 7) is 7.85. The largest absolute Gasteiger partial charge is 0.416 e. The van der Waals surface area contributed by atoms with Crippen LogP contribution in [-0.4, -0.2) is 67.0 Å². The number of hydrazine groups is 1. The third kappa shape index (κ3) is 7.41. The van der Waals surface area contributed by atoms with E-state index in [0.717, 1.165) is 42.0 Å². The molecule has 1 saturated heterocycles. The standard InChI is InChI=1S/C29H37F3N8O2/c1-19-5-6-21(15-27(19)40(34-3)18-24(33)23-17-36-38(4)20(23)2)28(41)37-26-16-22(29(30,31)32)7-8-25(26)35-9-10-39-11-13-42-14-12-39/h5-8,15-18,34-35H,9-14,33H2,1-4H3,(H,37,41)/b24-18-. The first-order valence-corrected chi connectivity index (χ1v) is 13.6. The van der Waals surface area contributed by atoms with Crippen molar-refractivity contribution in [2.45, 2.75) is 20.0 Å². The number of benzene rings is 2. The molecule has 1 aromatic heterocycles. The Kier molecular flexibility index (Phi) is 9.76. The first-order valence-electron chi connectivity index (χ1n) is 13.6. The van der Waals surface area contributed by atoms with Crippen LogP contribution < -0.4 is 26.8 Å². The van der Waals surface area contributed by atoms with Gasteiger partial charge in [0.15, 0.2) is 0 Å². The number of morpholine rings is 1. The number of amides is 1. The number of halogens is 3. The zero-order valence-corrected chi connectivity index (χ0v) is 24.2. The molecule has 5 N–H and O–H groups in total. The molecule has 10 nitrogen and oxygen atoms in total. The fraction of sp³-hybridized carbons (Fsp3) is 0.379. The van der Waals surface area contributed by atoms with Gasteiger partial charge in [-0.15, -0.1) is 0 Å². The van der Waals surface area contributed by atoms with Crippen LogP contribution in [0.2, 0.25) is 0 Å². The highest BCUT2D eigenvalue weighted by Crippen LogP contribution is 2.34. The monoisotopic (exact) mass is 586 g/mol. The van der Waals surface area contributed by atoms with Crippen LogP contribution in [0.5, 0.6) is 0 Å². The lowest BCUT2D eigenvalue weighted by Gasteiger charge is -2.27. The Bertz CT molecular complexity index is 1430. The highest BCUT2D eigenvalue weighted by molar-refractivity contribution is 6.06. The second-order valence-corrected chi connectivity index (χ2v) is 10.0. The molecule has 1 fully saturated rings. The van der Waals surface area contributed by atoms with Crippen molar-refractivity contribution >= 4 is 28.7 Å². The molecule has 0 saturated carbocycles. The number of carbonyl (C=O) groups is 1. The van der Waals surface area contributed by atoms with E-state index in [9.17, 15) is 18.0 Å². The number of nitrogens with zero attached hydrogens (tertiary/aromatic N) is 4. The summed E-state index contributed by atoms with van der Waals surface area (Å²) in [7, 11) is 3.53. The van der Waals surface area contributed by atoms with E-state index < -0.39 is 17.6 Å². The maximum atomic E-state index is 13.5. The van der Waals surface area contributed by atoms with Gasteiger partial charge in [-0.1, -0.05) is 6.07 Å². The summed E-state index contributed by atoms with van der Waals surface area (Å²) in [5, 5.41) is 11.8. The summed E-state index contributed by atoms with van der Waals surface area (Å²) in [4.78, 5) is 15.6. The lowest BCUT2D eigenvalue weighted by molar-refractivity contribution is -0.137. The summed E-state index contributed by atoms with van der Waals surface area (Å²) in [6.07, 6.45) is -1.19. The van der Waals surface area contributed by atoms with Crippen molar-refractivity contribution in [3.8, 4) is 0 Å². The molecular weight excluding hydrogens is 549 g/mol. The number of hydrogen-bond donors (Lipinski definition) is 4. The van der Waals surface area contributed by atoms with E-state index in [-0.39, 0.29) is 11.3 Å². The Balaban J connectivity index is 1.57. The van der Waals surface area contributed by atoms with Crippen LogP contribution in [0.3, 0.4) is 0 Å². The Morgan fingerprint density at radius 1 is 1.14 bits per heavy atom. The van der Waals surface area contributed by atoms with Crippen LogP contribution in [0.4, 0.5) is 30.2 Å². The van der Waals surface area contributed by atoms with Gasteiger partial charge in [-0.2, -0.15) is 18.3 Å². The van der Waals surface area contributed by atoms with Gasteiger partial charge in [0.1, 0.15) is 0 Å². The fourth-order valence-corrected chi connectivity index (χ4v) is 4.60. The van der Waals surface area contributed by atoms with Crippen molar-refractivity contribution in [1.82, 2.24) is 20.1 Å². The number of aromatic nitrogens is 2. The lowest BCUT2D eigenvalue weighted by atomic mass is 10.1. The van der Waals surface area contributed by atoms with Crippen LogP contribution in [0.15, 0.2) is 48.8 Å². The topological polar surface area (TPSA) is 113 Å². The van der Waals surface area contributed by atoms with Gasteiger partial charge in [-0.25, -0.2) is 5.43 Å². The number of nitrogens with one attached hydrogen (secondary N) is 3. The molecule has 4 rings (SSSR count). The molecule has 0 atom stereocenters. The summed E-state index contributed by atoms with van der Waals surface area (Å²) in [6, 6.07) is 8.34. The second kappa shape index (κ2) is 13.3. The van der Waals surface area contributed by atoms with Crippen molar-refractivity contribution in [3.63, 3.8) is 0 Å². The molecule has 0 unspecified atom stereocenters. The minimum Gasteiger partial charge on any atom is -0.397 e. The van der Waals surface area contributed by atoms with Gasteiger partial charge >= 0.3 is 6.18 Å². The molecule has 0 bridgehead atoms. The van der Waals surface area contributed by atoms with Crippen molar-refractivity contribution < 1.29 is 22.7 Å². The first kappa shape index (κ1) is 30.9. The molecule has 2 heterocycles. The van der Waals surface area contributed by atoms with Gasteiger partial charge in [0, 0.05) is 63.3 Å². The van der Waals surface area contributed by atoms with Gasteiger partial charge < -0.3 is 21.1 Å². The van der Waals surface area contributed by atoms with Crippen molar-refractivity contribution in [2.75, 3.05) is 62.1 Å². The zero-order chi connectivity index (χ0) is 30.4. The number of alkyl halides is 3. The van der Waals surface area contributed by atoms with Gasteiger partial charge in [0.25, 0.3) is 5.91 Å². The molecular formula is C29H37F3N8O2. The van der Waals surface area contributed by atoms with E-state index in [1.165, 1.54) is 6.07 Å². The Morgan fingerprint density at radius 3 is 2.52 bits per heavy atom. The maximum Gasteiger partial charge on any atom is 0.416 e. The van der Waals surface area contributed by atoms with E-state index >= 15 is 0 Å². The van der Waals surface area contributed by atoms with Crippen molar-refractivity contribution in [3.05, 3.63) is 76.7 Å². The predicted molar refractivity (Wildman–Crippen MR) is 158 cm³/mol. The Labute approximate surface area is 243 Å². The van der Waals surface area contributed by atoms with Crippen LogP contribution in [0.1, 0.15) is 32.7 Å². The number of anilines is 3. The highest BCUT2D eigenvalue weighted by Gasteiger charge is 2.31. The number of rotatable bonds is 10. The normalized spacial score (nSPS) is 14.6. The van der Waals surface area contributed by atoms with E-state index in [1.54, 1.807) is 47.3 Å². The highest BCUT2D eigenvalue weighted by atomic mass is 19.4. The Morgan fingerprint density at radius 2 is 1.88 bits per heavy atom. The number of ether oxygens (including phenoxy) is 1. The quantitative estimate of drug-likeness (QED) is 0.264. The van der Waals surface area contributed by atoms with Gasteiger partial charge in [0.05, 0.1) is 47.7 Å². The zero-order valence-electron chi connectivity index (χ0n) is 24.2. The van der Waals surface area contributed by atoms with Crippen molar-refractivity contribution in [1.29, 1.82) is 0 Å². The number of aryl methyl sites for hydroxylation is 2. The van der Waals surface area contributed by atoms with Crippen LogP contribution in [-0.2, 0) is 18.0 Å². The third-order valence-corrected chi connectivity index (χ3v) is 7.23. The molecule has 226 valence electrons. The van der Waals surface area contributed by atoms with Crippen molar-refractivity contribution in [2.24, 2.45) is 12.8 Å². The summed E-state index contributed by atoms with van der Waals surface area (Å²) < 4.78 is 47.7. The summed E-state index contributed by atoms with van der Waals surface area (Å²) in [5.74, 6) is -0.553. The molecule has 0 aliphatic carbocycles. The minimum atomic E-state index is -4.56. The number of hydrogen-bond acceptors (Lipinski definition) is 8. The van der Waals surface area contributed by atoms with Gasteiger partial charge in [-0.3, -0.25) is 19.4 Å². The number of nitrogens with two attached hydrogens (primary N) is 1. The fourth-order valence-electron chi connectivity index (χ4n) is 4.60. The molecule has 3 aromatic rings. The van der Waals surface area contributed by atoms with Crippen LogP contribution in [0, 0.1) is 13.8 Å². The van der Waals surface area contributed by atoms with E-state index in [4.69, 9.17) is 10.5 Å². The maximum absolute atomic E-state index is 13.5. The lowest BCUT2D eigenvalue weighted by Crippen LogP contribution is -2.39. The average Bonchev–Trinajstić information content (AvgIpc) is 3.30. The molecule has 42 heavy (non-hydrogen) atoms. The smallest absolute Gasteiger partial charge is 0.397 e. The molecule has 13 heteroatoms. The molecule has 1 aliphatic rings. The first-order chi connectivity index (χ1) is 20.0. The summed E-state index contributed by atoms with van der Waals surface area (Å²) >= 11 is 0. The van der Waals surface area contributed by atoms with Gasteiger partial charge in [0.2, 0.25) is 0 Å². The van der Waals surface area contributed by atoms with E-state index in [2.05, 4.69) is 26.1 Å². The minimum absolute atomic E-state index is 0.0422. The average molecular weight is 587 g/mol. The molecule has 0 radical (unpaired) electrons. The van der Waals surface area contributed by atoms with E-state index in [1.807, 2.05) is 20.9 Å². The molecule has 2 aromatic carbocycles. The van der Waals surface area contributed by atoms with Crippen LogP contribution >= 0.6 is 0 Å². The predicted octanol–water partition coefficient (Wildman–Crippen LogP) is 3.95. The van der Waals surface area contributed by atoms with E-state index in [0.29, 0.717) is 43.4 Å². The third-order valence-electron chi connectivity index (χ3n) is 7.23. The second-order valence-electron chi connectivity index (χ2n) is 10.0. The van der Waals surface area contributed by atoms with Gasteiger partial charge in [-0.05, 0) is 49.7 Å². The molecule has 1 aliphatic heterocycles. The summed E-state index contributed by atoms with van der Waals surface area (Å²) in [5.41, 5.74) is 12.9. The van der Waals surface area contributed by atoms with Crippen LogP contribution in [0.25, 0.3) is 5.70 Å². The SMILES string of the molecule is CNN(/C=C(\N)c1cnn(C)c1C)c1cc(C(=O)Nc2cc(C(F)(F)F)ccc2NCCN2CCOCC2)ccc1C. The number of carbonyl (C=O) groups excluding carboxylic acids is 1.